The van der Waals surface area contributed by atoms with Gasteiger partial charge >= 0.3 is 0 Å². The molecule has 3 atom stereocenters. The lowest BCUT2D eigenvalue weighted by molar-refractivity contribution is -0.786. The minimum absolute atomic E-state index is 0.122. The molecule has 4 aliphatic rings. The van der Waals surface area contributed by atoms with Gasteiger partial charge in [-0.3, -0.25) is 0 Å². The van der Waals surface area contributed by atoms with Crippen LogP contribution in [0, 0.1) is 38.0 Å². The summed E-state index contributed by atoms with van der Waals surface area (Å²) in [5.74, 6) is 0.308. The van der Waals surface area contributed by atoms with Crippen LogP contribution in [-0.4, -0.2) is 21.4 Å². The Bertz CT molecular complexity index is 439. The summed E-state index contributed by atoms with van der Waals surface area (Å²) < 4.78 is 0. The predicted molar refractivity (Wildman–Crippen MR) is 65.5 cm³/mol. The van der Waals surface area contributed by atoms with E-state index in [1.807, 2.05) is 6.92 Å². The Labute approximate surface area is 115 Å². The molecule has 8 heteroatoms. The molecule has 8 nitrogen and oxygen atoms in total. The Hall–Kier alpha value is -1.60. The quantitative estimate of drug-likeness (QED) is 0.579. The molecule has 4 fully saturated rings. The predicted octanol–water partition coefficient (Wildman–Crippen LogP) is 2.13. The average Bonchev–Trinajstić information content (AvgIpc) is 2.35. The fourth-order valence-electron chi connectivity index (χ4n) is 5.04. The molecule has 0 amide bonds. The summed E-state index contributed by atoms with van der Waals surface area (Å²) in [6.07, 6.45) is 3.85. The van der Waals surface area contributed by atoms with Crippen molar-refractivity contribution in [3.05, 3.63) is 20.2 Å². The third-order valence-corrected chi connectivity index (χ3v) is 5.36. The first kappa shape index (κ1) is 13.4. The van der Waals surface area contributed by atoms with Crippen LogP contribution in [0.4, 0.5) is 0 Å². The Morgan fingerprint density at radius 1 is 0.950 bits per heavy atom. The molecule has 0 aromatic carbocycles. The Balaban J connectivity index is 1.94. The Kier molecular flexibility index (Phi) is 2.81. The first-order valence-corrected chi connectivity index (χ1v) is 7.00. The SMILES string of the molecule is CC1CC2(O[N+](=O)[O-])CC3CC(C2)CC1(O[N+](=O)[O-])C3. The van der Waals surface area contributed by atoms with Crippen molar-refractivity contribution in [3.63, 3.8) is 0 Å². The Morgan fingerprint density at radius 2 is 1.50 bits per heavy atom. The molecule has 4 aliphatic carbocycles. The van der Waals surface area contributed by atoms with Gasteiger partial charge in [0.05, 0.1) is 0 Å². The zero-order valence-corrected chi connectivity index (χ0v) is 11.3. The third-order valence-electron chi connectivity index (χ3n) is 5.36. The molecule has 20 heavy (non-hydrogen) atoms. The second-order valence-electron chi connectivity index (χ2n) is 6.77. The van der Waals surface area contributed by atoms with Crippen molar-refractivity contribution in [2.45, 2.75) is 56.7 Å². The fraction of sp³-hybridized carbons (Fsp3) is 1.00. The highest BCUT2D eigenvalue weighted by molar-refractivity contribution is 5.08. The summed E-state index contributed by atoms with van der Waals surface area (Å²) in [5, 5.41) is 20.2. The lowest BCUT2D eigenvalue weighted by Crippen LogP contribution is -2.47. The lowest BCUT2D eigenvalue weighted by atomic mass is 9.64. The molecule has 4 saturated carbocycles. The second kappa shape index (κ2) is 4.20. The third kappa shape index (κ3) is 2.06. The summed E-state index contributed by atoms with van der Waals surface area (Å²) in [6, 6.07) is 0. The van der Waals surface area contributed by atoms with Crippen molar-refractivity contribution in [1.82, 2.24) is 0 Å². The van der Waals surface area contributed by atoms with Gasteiger partial charge in [-0.2, -0.15) is 0 Å². The number of rotatable bonds is 4. The van der Waals surface area contributed by atoms with E-state index in [4.69, 9.17) is 9.68 Å². The van der Waals surface area contributed by atoms with Gasteiger partial charge in [0.1, 0.15) is 11.2 Å². The number of fused-ring (bicyclic) bond motifs is 1. The zero-order valence-electron chi connectivity index (χ0n) is 11.3. The van der Waals surface area contributed by atoms with Crippen LogP contribution in [0.25, 0.3) is 0 Å². The van der Waals surface area contributed by atoms with Crippen LogP contribution in [-0.2, 0) is 9.68 Å². The molecule has 0 heterocycles. The standard InChI is InChI=1S/C12H18N2O6/c1-8-3-11(19-13(15)16)4-9-2-10(5-11)7-12(8,6-9)20-14(17)18/h8-10H,2-7H2,1H3. The first-order chi connectivity index (χ1) is 9.32. The van der Waals surface area contributed by atoms with E-state index in [2.05, 4.69) is 0 Å². The normalized spacial score (nSPS) is 45.8. The van der Waals surface area contributed by atoms with E-state index in [0.29, 0.717) is 32.1 Å². The van der Waals surface area contributed by atoms with Gasteiger partial charge in [0.15, 0.2) is 0 Å². The van der Waals surface area contributed by atoms with Gasteiger partial charge in [-0.15, -0.1) is 20.2 Å². The van der Waals surface area contributed by atoms with Crippen LogP contribution in [0.1, 0.15) is 45.4 Å². The smallest absolute Gasteiger partial charge is 0.295 e. The summed E-state index contributed by atoms with van der Waals surface area (Å²) in [5.41, 5.74) is -1.55. The molecule has 0 aliphatic heterocycles. The molecule has 0 N–H and O–H groups in total. The maximum Gasteiger partial charge on any atom is 0.295 e. The Morgan fingerprint density at radius 3 is 2.00 bits per heavy atom. The van der Waals surface area contributed by atoms with Crippen LogP contribution in [0.15, 0.2) is 0 Å². The van der Waals surface area contributed by atoms with Crippen molar-refractivity contribution in [1.29, 1.82) is 0 Å². The minimum Gasteiger partial charge on any atom is -0.307 e. The topological polar surface area (TPSA) is 105 Å². The van der Waals surface area contributed by atoms with E-state index in [0.717, 1.165) is 6.42 Å². The minimum atomic E-state index is -0.782. The van der Waals surface area contributed by atoms with E-state index < -0.39 is 21.4 Å². The molecule has 112 valence electrons. The van der Waals surface area contributed by atoms with Crippen LogP contribution in [0.2, 0.25) is 0 Å². The number of hydrogen-bond donors (Lipinski definition) is 0. The van der Waals surface area contributed by atoms with Gasteiger partial charge < -0.3 is 9.68 Å². The van der Waals surface area contributed by atoms with Crippen molar-refractivity contribution in [2.24, 2.45) is 17.8 Å². The van der Waals surface area contributed by atoms with E-state index in [9.17, 15) is 20.2 Å². The van der Waals surface area contributed by atoms with Gasteiger partial charge in [0, 0.05) is 0 Å². The molecule has 0 aromatic heterocycles. The van der Waals surface area contributed by atoms with Gasteiger partial charge in [0.2, 0.25) is 0 Å². The highest BCUT2D eigenvalue weighted by Gasteiger charge is 2.59. The monoisotopic (exact) mass is 286 g/mol. The maximum absolute atomic E-state index is 10.8. The van der Waals surface area contributed by atoms with Gasteiger partial charge in [0.25, 0.3) is 10.2 Å². The molecule has 0 spiro atoms. The summed E-state index contributed by atoms with van der Waals surface area (Å²) in [6.45, 7) is 1.89. The van der Waals surface area contributed by atoms with Gasteiger partial charge in [-0.1, -0.05) is 6.92 Å². The molecule has 4 rings (SSSR count). The first-order valence-electron chi connectivity index (χ1n) is 7.00. The molecule has 0 aromatic rings. The zero-order chi connectivity index (χ0) is 14.5. The van der Waals surface area contributed by atoms with E-state index in [-0.39, 0.29) is 17.8 Å². The van der Waals surface area contributed by atoms with E-state index >= 15 is 0 Å². The molecule has 3 unspecified atom stereocenters. The highest BCUT2D eigenvalue weighted by atomic mass is 17.0. The van der Waals surface area contributed by atoms with Crippen LogP contribution in [0.3, 0.4) is 0 Å². The summed E-state index contributed by atoms with van der Waals surface area (Å²) in [4.78, 5) is 31.8. The van der Waals surface area contributed by atoms with Crippen LogP contribution >= 0.6 is 0 Å². The average molecular weight is 286 g/mol. The molecular weight excluding hydrogens is 268 g/mol. The van der Waals surface area contributed by atoms with Crippen molar-refractivity contribution >= 4 is 0 Å². The van der Waals surface area contributed by atoms with Gasteiger partial charge in [-0.05, 0) is 56.3 Å². The van der Waals surface area contributed by atoms with Crippen molar-refractivity contribution < 1.29 is 19.8 Å². The number of nitrogens with zero attached hydrogens (tertiary/aromatic N) is 2. The molecule has 0 saturated heterocycles. The van der Waals surface area contributed by atoms with E-state index in [1.165, 1.54) is 0 Å². The largest absolute Gasteiger partial charge is 0.307 e. The summed E-state index contributed by atoms with van der Waals surface area (Å²) >= 11 is 0. The highest BCUT2D eigenvalue weighted by Crippen LogP contribution is 2.59. The van der Waals surface area contributed by atoms with Crippen molar-refractivity contribution in [3.8, 4) is 0 Å². The fourth-order valence-corrected chi connectivity index (χ4v) is 5.04. The summed E-state index contributed by atoms with van der Waals surface area (Å²) in [7, 11) is 0. The van der Waals surface area contributed by atoms with Gasteiger partial charge in [-0.25, -0.2) is 0 Å². The molecule has 0 radical (unpaired) electrons. The van der Waals surface area contributed by atoms with Crippen LogP contribution in [0.5, 0.6) is 0 Å². The molecular formula is C12H18N2O6. The van der Waals surface area contributed by atoms with E-state index in [1.54, 1.807) is 0 Å². The van der Waals surface area contributed by atoms with Crippen molar-refractivity contribution in [2.75, 3.05) is 0 Å². The second-order valence-corrected chi connectivity index (χ2v) is 6.77. The number of hydrogen-bond acceptors (Lipinski definition) is 6. The lowest BCUT2D eigenvalue weighted by Gasteiger charge is -2.46. The maximum atomic E-state index is 10.8. The molecule has 4 bridgehead atoms. The van der Waals surface area contributed by atoms with Crippen LogP contribution < -0.4 is 0 Å².